The van der Waals surface area contributed by atoms with Gasteiger partial charge >= 0.3 is 0 Å². The fraction of sp³-hybridized carbons (Fsp3) is 0.500. The summed E-state index contributed by atoms with van der Waals surface area (Å²) < 4.78 is 1.93. The number of amidine groups is 1. The Balaban J connectivity index is 2.49. The molecule has 6 heteroatoms. The van der Waals surface area contributed by atoms with Gasteiger partial charge in [-0.05, 0) is 7.05 Å². The van der Waals surface area contributed by atoms with Gasteiger partial charge in [-0.25, -0.2) is 4.98 Å². The molecule has 0 unspecified atom stereocenters. The molecule has 0 radical (unpaired) electrons. The minimum Gasteiger partial charge on any atom is -0.409 e. The van der Waals surface area contributed by atoms with Crippen molar-refractivity contribution in [3.05, 3.63) is 18.2 Å². The van der Waals surface area contributed by atoms with Crippen molar-refractivity contribution >= 4 is 5.84 Å². The van der Waals surface area contributed by atoms with Crippen LogP contribution in [0.25, 0.3) is 0 Å². The van der Waals surface area contributed by atoms with Crippen molar-refractivity contribution in [2.45, 2.75) is 6.54 Å². The second-order valence-electron chi connectivity index (χ2n) is 3.22. The highest BCUT2D eigenvalue weighted by Crippen LogP contribution is 1.98. The maximum absolute atomic E-state index is 8.38. The predicted octanol–water partition coefficient (Wildman–Crippen LogP) is -0.402. The zero-order valence-corrected chi connectivity index (χ0v) is 8.38. The molecule has 0 spiro atoms. The molecule has 0 atom stereocenters. The highest BCUT2D eigenvalue weighted by atomic mass is 16.4. The molecule has 0 aliphatic heterocycles. The van der Waals surface area contributed by atoms with Crippen LogP contribution in [0.1, 0.15) is 5.82 Å². The Morgan fingerprint density at radius 1 is 1.79 bits per heavy atom. The summed E-state index contributed by atoms with van der Waals surface area (Å²) in [5.74, 6) is 1.14. The first-order valence-corrected chi connectivity index (χ1v) is 4.24. The highest BCUT2D eigenvalue weighted by molar-refractivity contribution is 5.81. The standard InChI is InChI=1S/C8H15N5O/c1-12(5-7(9)11-14)6-8-10-3-4-13(8)2/h3-4,14H,5-6H2,1-2H3,(H2,9,11). The van der Waals surface area contributed by atoms with Crippen LogP contribution >= 0.6 is 0 Å². The van der Waals surface area contributed by atoms with Crippen molar-refractivity contribution in [3.8, 4) is 0 Å². The molecule has 1 aromatic heterocycles. The van der Waals surface area contributed by atoms with E-state index in [1.165, 1.54) is 0 Å². The minimum absolute atomic E-state index is 0.196. The molecule has 0 aliphatic carbocycles. The second-order valence-corrected chi connectivity index (χ2v) is 3.22. The number of nitrogens with two attached hydrogens (primary N) is 1. The molecule has 1 rings (SSSR count). The largest absolute Gasteiger partial charge is 0.409 e. The van der Waals surface area contributed by atoms with Crippen molar-refractivity contribution in [1.29, 1.82) is 0 Å². The molecule has 0 bridgehead atoms. The lowest BCUT2D eigenvalue weighted by molar-refractivity contribution is 0.306. The Labute approximate surface area is 82.6 Å². The molecule has 0 saturated carbocycles. The van der Waals surface area contributed by atoms with E-state index in [0.717, 1.165) is 5.82 Å². The summed E-state index contributed by atoms with van der Waals surface area (Å²) in [7, 11) is 3.81. The molecule has 0 aliphatic rings. The van der Waals surface area contributed by atoms with E-state index in [1.54, 1.807) is 6.20 Å². The van der Waals surface area contributed by atoms with Gasteiger partial charge in [0, 0.05) is 19.4 Å². The minimum atomic E-state index is 0.196. The Morgan fingerprint density at radius 2 is 2.50 bits per heavy atom. The van der Waals surface area contributed by atoms with Gasteiger partial charge in [0.2, 0.25) is 0 Å². The van der Waals surface area contributed by atoms with Crippen LogP contribution in [0.3, 0.4) is 0 Å². The quantitative estimate of drug-likeness (QED) is 0.298. The van der Waals surface area contributed by atoms with E-state index >= 15 is 0 Å². The van der Waals surface area contributed by atoms with Crippen molar-refractivity contribution in [1.82, 2.24) is 14.5 Å². The smallest absolute Gasteiger partial charge is 0.153 e. The molecule has 1 aromatic rings. The third-order valence-corrected chi connectivity index (χ3v) is 1.89. The Kier molecular flexibility index (Phi) is 3.47. The van der Waals surface area contributed by atoms with Crippen LogP contribution in [0.2, 0.25) is 0 Å². The zero-order valence-electron chi connectivity index (χ0n) is 8.38. The SMILES string of the molecule is CN(CC(N)=NO)Cc1nccn1C. The normalized spacial score (nSPS) is 12.4. The number of imidazole rings is 1. The van der Waals surface area contributed by atoms with E-state index in [0.29, 0.717) is 13.1 Å². The van der Waals surface area contributed by atoms with Gasteiger partial charge < -0.3 is 15.5 Å². The topological polar surface area (TPSA) is 79.7 Å². The average Bonchev–Trinajstić information content (AvgIpc) is 2.51. The van der Waals surface area contributed by atoms with Gasteiger partial charge in [-0.1, -0.05) is 5.16 Å². The monoisotopic (exact) mass is 197 g/mol. The number of hydrogen-bond acceptors (Lipinski definition) is 4. The van der Waals surface area contributed by atoms with Crippen molar-refractivity contribution in [2.24, 2.45) is 17.9 Å². The molecule has 14 heavy (non-hydrogen) atoms. The van der Waals surface area contributed by atoms with E-state index in [9.17, 15) is 0 Å². The first-order chi connectivity index (χ1) is 6.63. The molecule has 0 fully saturated rings. The molecular weight excluding hydrogens is 182 g/mol. The van der Waals surface area contributed by atoms with E-state index in [1.807, 2.05) is 29.8 Å². The maximum Gasteiger partial charge on any atom is 0.153 e. The van der Waals surface area contributed by atoms with Crippen LogP contribution in [0.4, 0.5) is 0 Å². The average molecular weight is 197 g/mol. The molecule has 6 nitrogen and oxygen atoms in total. The van der Waals surface area contributed by atoms with Gasteiger partial charge in [0.15, 0.2) is 5.84 Å². The summed E-state index contributed by atoms with van der Waals surface area (Å²) >= 11 is 0. The lowest BCUT2D eigenvalue weighted by Crippen LogP contribution is -2.31. The number of likely N-dealkylation sites (N-methyl/N-ethyl adjacent to an activating group) is 1. The van der Waals surface area contributed by atoms with E-state index in [-0.39, 0.29) is 5.84 Å². The Hall–Kier alpha value is -1.56. The van der Waals surface area contributed by atoms with Gasteiger partial charge in [-0.3, -0.25) is 4.90 Å². The molecule has 3 N–H and O–H groups in total. The van der Waals surface area contributed by atoms with Gasteiger partial charge in [0.05, 0.1) is 13.1 Å². The van der Waals surface area contributed by atoms with Crippen molar-refractivity contribution in [3.63, 3.8) is 0 Å². The number of rotatable bonds is 4. The fourth-order valence-corrected chi connectivity index (χ4v) is 1.15. The third kappa shape index (κ3) is 2.74. The van der Waals surface area contributed by atoms with Gasteiger partial charge in [-0.2, -0.15) is 0 Å². The second kappa shape index (κ2) is 4.61. The number of aryl methyl sites for hydroxylation is 1. The summed E-state index contributed by atoms with van der Waals surface area (Å²) in [6.07, 6.45) is 3.62. The van der Waals surface area contributed by atoms with Crippen LogP contribution in [0.5, 0.6) is 0 Å². The first kappa shape index (κ1) is 10.5. The number of hydrogen-bond donors (Lipinski definition) is 2. The van der Waals surface area contributed by atoms with Gasteiger partial charge in [-0.15, -0.1) is 0 Å². The van der Waals surface area contributed by atoms with Crippen LogP contribution in [-0.2, 0) is 13.6 Å². The van der Waals surface area contributed by atoms with Crippen LogP contribution in [0, 0.1) is 0 Å². The third-order valence-electron chi connectivity index (χ3n) is 1.89. The lowest BCUT2D eigenvalue weighted by Gasteiger charge is -2.14. The predicted molar refractivity (Wildman–Crippen MR) is 53.0 cm³/mol. The fourth-order valence-electron chi connectivity index (χ4n) is 1.15. The highest BCUT2D eigenvalue weighted by Gasteiger charge is 2.05. The summed E-state index contributed by atoms with van der Waals surface area (Å²) in [4.78, 5) is 6.08. The summed E-state index contributed by atoms with van der Waals surface area (Å²) in [5.41, 5.74) is 5.37. The van der Waals surface area contributed by atoms with Gasteiger partial charge in [0.25, 0.3) is 0 Å². The summed E-state index contributed by atoms with van der Waals surface area (Å²) in [6, 6.07) is 0. The van der Waals surface area contributed by atoms with Crippen molar-refractivity contribution < 1.29 is 5.21 Å². The van der Waals surface area contributed by atoms with E-state index < -0.39 is 0 Å². The Bertz CT molecular complexity index is 319. The number of oxime groups is 1. The number of nitrogens with zero attached hydrogens (tertiary/aromatic N) is 4. The Morgan fingerprint density at radius 3 is 3.00 bits per heavy atom. The molecule has 0 aromatic carbocycles. The van der Waals surface area contributed by atoms with Crippen LogP contribution in [0.15, 0.2) is 17.5 Å². The maximum atomic E-state index is 8.38. The van der Waals surface area contributed by atoms with Gasteiger partial charge in [0.1, 0.15) is 5.82 Å². The first-order valence-electron chi connectivity index (χ1n) is 4.24. The molecule has 78 valence electrons. The van der Waals surface area contributed by atoms with E-state index in [4.69, 9.17) is 10.9 Å². The van der Waals surface area contributed by atoms with E-state index in [2.05, 4.69) is 10.1 Å². The molecular formula is C8H15N5O. The number of aromatic nitrogens is 2. The summed E-state index contributed by atoms with van der Waals surface area (Å²) in [6.45, 7) is 1.09. The lowest BCUT2D eigenvalue weighted by atomic mass is 10.4. The van der Waals surface area contributed by atoms with Crippen LogP contribution < -0.4 is 5.73 Å². The summed E-state index contributed by atoms with van der Waals surface area (Å²) in [5, 5.41) is 11.3. The molecule has 0 amide bonds. The van der Waals surface area contributed by atoms with Crippen molar-refractivity contribution in [2.75, 3.05) is 13.6 Å². The van der Waals surface area contributed by atoms with Crippen LogP contribution in [-0.4, -0.2) is 39.1 Å². The molecule has 0 saturated heterocycles. The zero-order chi connectivity index (χ0) is 10.6. The molecule has 1 heterocycles.